The lowest BCUT2D eigenvalue weighted by molar-refractivity contribution is 0.0900. The van der Waals surface area contributed by atoms with Gasteiger partial charge in [0.05, 0.1) is 0 Å². The number of nitrogens with zero attached hydrogens (tertiary/aromatic N) is 6. The van der Waals surface area contributed by atoms with E-state index in [-0.39, 0.29) is 29.1 Å². The number of carbonyl (C=O) groups excluding carboxylic acids is 1. The maximum Gasteiger partial charge on any atom is 0.325 e. The van der Waals surface area contributed by atoms with Gasteiger partial charge in [-0.2, -0.15) is 0 Å². The molecule has 0 bridgehead atoms. The summed E-state index contributed by atoms with van der Waals surface area (Å²) >= 11 is 0. The van der Waals surface area contributed by atoms with E-state index in [0.717, 1.165) is 63.2 Å². The van der Waals surface area contributed by atoms with Crippen molar-refractivity contribution >= 4 is 39.7 Å². The van der Waals surface area contributed by atoms with Crippen molar-refractivity contribution in [2.24, 2.45) is 17.6 Å². The van der Waals surface area contributed by atoms with Crippen molar-refractivity contribution in [3.8, 4) is 0 Å². The summed E-state index contributed by atoms with van der Waals surface area (Å²) < 4.78 is 0. The lowest BCUT2D eigenvalue weighted by atomic mass is 9.86. The number of anilines is 2. The molecule has 0 saturated carbocycles. The summed E-state index contributed by atoms with van der Waals surface area (Å²) in [6, 6.07) is 19.8. The highest BCUT2D eigenvalue weighted by molar-refractivity contribution is 5.98. The van der Waals surface area contributed by atoms with Crippen molar-refractivity contribution in [2.75, 3.05) is 36.0 Å². The Morgan fingerprint density at radius 3 is 1.67 bits per heavy atom. The molecule has 0 spiro atoms. The fourth-order valence-electron chi connectivity index (χ4n) is 6.77. The summed E-state index contributed by atoms with van der Waals surface area (Å²) in [6.45, 7) is 3.18. The van der Waals surface area contributed by atoms with Gasteiger partial charge in [-0.05, 0) is 37.2 Å². The van der Waals surface area contributed by atoms with Gasteiger partial charge in [-0.25, -0.2) is 29.5 Å². The summed E-state index contributed by atoms with van der Waals surface area (Å²) in [5, 5.41) is 0. The lowest BCUT2D eigenvalue weighted by Gasteiger charge is -2.35. The number of ketones is 1. The number of aromatic nitrogens is 8. The Morgan fingerprint density at radius 2 is 1.15 bits per heavy atom. The molecule has 2 aliphatic heterocycles. The molecule has 6 N–H and O–H groups in total. The number of Topliss-reactive ketones (excluding diaryl/α,β-unsaturated/α-hetero) is 1. The summed E-state index contributed by atoms with van der Waals surface area (Å²) in [4.78, 5) is 67.5. The Balaban J connectivity index is 0.000000152. The quantitative estimate of drug-likeness (QED) is 0.167. The first-order chi connectivity index (χ1) is 23.4. The maximum atomic E-state index is 12.6. The van der Waals surface area contributed by atoms with Crippen molar-refractivity contribution in [1.29, 1.82) is 0 Å². The van der Waals surface area contributed by atoms with Gasteiger partial charge in [0.2, 0.25) is 0 Å². The lowest BCUT2D eigenvalue weighted by Crippen LogP contribution is -2.38. The molecule has 14 nitrogen and oxygen atoms in total. The first-order valence-electron chi connectivity index (χ1n) is 16.2. The van der Waals surface area contributed by atoms with Crippen LogP contribution in [0.2, 0.25) is 0 Å². The van der Waals surface area contributed by atoms with Crippen LogP contribution in [0.15, 0.2) is 82.9 Å². The minimum atomic E-state index is -0.291. The van der Waals surface area contributed by atoms with E-state index in [1.165, 1.54) is 18.2 Å². The Labute approximate surface area is 274 Å². The van der Waals surface area contributed by atoms with Gasteiger partial charge in [0, 0.05) is 43.7 Å². The van der Waals surface area contributed by atoms with Gasteiger partial charge < -0.3 is 25.5 Å². The smallest absolute Gasteiger partial charge is 0.325 e. The minimum absolute atomic E-state index is 0.0336. The van der Waals surface area contributed by atoms with Crippen LogP contribution in [-0.4, -0.2) is 71.8 Å². The molecule has 8 rings (SSSR count). The molecular formula is C34H37N11O3. The van der Waals surface area contributed by atoms with Gasteiger partial charge in [0.25, 0.3) is 0 Å². The van der Waals surface area contributed by atoms with Crippen molar-refractivity contribution in [1.82, 2.24) is 39.9 Å². The third-order valence-electron chi connectivity index (χ3n) is 9.35. The Kier molecular flexibility index (Phi) is 8.79. The average Bonchev–Trinajstić information content (AvgIpc) is 3.73. The molecule has 48 heavy (non-hydrogen) atoms. The standard InChI is InChI=1S/C17H20N6O.C17H17N5O2/c18-13(11-4-2-1-3-5-11)12-6-8-23(9-7-12)16-14-15(19-10-20-16)22-17(24)21-14;23-14(11-4-2-1-3-5-11)12-6-8-22(9-7-12)16-13-15(18-10-19-16)21-17(24)20-13/h1-5,10,12-13H,6-9,18H2,(H2,19,20,21,22,24);1-5,10,12H,6-9H2,(H2,18,19,20,21,24). The molecule has 6 aromatic rings. The maximum absolute atomic E-state index is 12.6. The van der Waals surface area contributed by atoms with Crippen molar-refractivity contribution in [3.63, 3.8) is 0 Å². The molecule has 2 saturated heterocycles. The zero-order chi connectivity index (χ0) is 33.0. The number of benzene rings is 2. The van der Waals surface area contributed by atoms with Gasteiger partial charge in [-0.15, -0.1) is 0 Å². The molecule has 6 heterocycles. The molecular weight excluding hydrogens is 610 g/mol. The molecule has 0 radical (unpaired) electrons. The van der Waals surface area contributed by atoms with Crippen LogP contribution >= 0.6 is 0 Å². The molecule has 14 heteroatoms. The number of H-pyrrole nitrogens is 4. The molecule has 2 aromatic carbocycles. The third kappa shape index (κ3) is 6.47. The molecule has 246 valence electrons. The summed E-state index contributed by atoms with van der Waals surface area (Å²) in [7, 11) is 0. The highest BCUT2D eigenvalue weighted by Crippen LogP contribution is 2.32. The first-order valence-corrected chi connectivity index (χ1v) is 16.2. The molecule has 4 aromatic heterocycles. The number of hydrogen-bond acceptors (Lipinski definition) is 10. The number of hydrogen-bond donors (Lipinski definition) is 5. The van der Waals surface area contributed by atoms with Crippen molar-refractivity contribution < 1.29 is 4.79 Å². The van der Waals surface area contributed by atoms with Crippen molar-refractivity contribution in [2.45, 2.75) is 31.7 Å². The number of rotatable bonds is 6. The molecule has 2 fully saturated rings. The van der Waals surface area contributed by atoms with Crippen LogP contribution in [-0.2, 0) is 0 Å². The number of fused-ring (bicyclic) bond motifs is 2. The number of imidazole rings is 2. The van der Waals surface area contributed by atoms with Crippen LogP contribution < -0.4 is 26.9 Å². The topological polar surface area (TPSA) is 198 Å². The van der Waals surface area contributed by atoms with E-state index in [0.29, 0.717) is 34.1 Å². The highest BCUT2D eigenvalue weighted by atomic mass is 16.1. The second-order valence-electron chi connectivity index (χ2n) is 12.3. The highest BCUT2D eigenvalue weighted by Gasteiger charge is 2.28. The van der Waals surface area contributed by atoms with Crippen LogP contribution in [0.1, 0.15) is 47.6 Å². The largest absolute Gasteiger partial charge is 0.355 e. The van der Waals surface area contributed by atoms with E-state index in [4.69, 9.17) is 5.73 Å². The number of carbonyl (C=O) groups is 1. The Morgan fingerprint density at radius 1 is 0.667 bits per heavy atom. The number of nitrogens with one attached hydrogen (secondary N) is 4. The fourth-order valence-corrected chi connectivity index (χ4v) is 6.77. The average molecular weight is 648 g/mol. The first kappa shape index (κ1) is 31.0. The van der Waals surface area contributed by atoms with Gasteiger partial charge in [0.1, 0.15) is 23.7 Å². The van der Waals surface area contributed by atoms with E-state index in [9.17, 15) is 14.4 Å². The van der Waals surface area contributed by atoms with Crippen LogP contribution in [0.25, 0.3) is 22.3 Å². The van der Waals surface area contributed by atoms with E-state index in [1.54, 1.807) is 0 Å². The monoisotopic (exact) mass is 647 g/mol. The molecule has 2 aliphatic rings. The summed E-state index contributed by atoms with van der Waals surface area (Å²) in [5.74, 6) is 2.18. The Hall–Kier alpha value is -5.63. The van der Waals surface area contributed by atoms with Crippen LogP contribution in [0, 0.1) is 11.8 Å². The number of piperidine rings is 2. The summed E-state index contributed by atoms with van der Waals surface area (Å²) in [5.41, 5.74) is 10.2. The van der Waals surface area contributed by atoms with E-state index in [1.807, 2.05) is 48.5 Å². The van der Waals surface area contributed by atoms with E-state index < -0.39 is 0 Å². The molecule has 1 unspecified atom stereocenters. The van der Waals surface area contributed by atoms with Gasteiger partial charge in [-0.3, -0.25) is 14.8 Å². The van der Waals surface area contributed by atoms with Crippen LogP contribution in [0.3, 0.4) is 0 Å². The second-order valence-corrected chi connectivity index (χ2v) is 12.3. The zero-order valence-corrected chi connectivity index (χ0v) is 26.3. The minimum Gasteiger partial charge on any atom is -0.355 e. The molecule has 0 amide bonds. The van der Waals surface area contributed by atoms with Crippen molar-refractivity contribution in [3.05, 3.63) is 105 Å². The number of nitrogens with two attached hydrogens (primary N) is 1. The summed E-state index contributed by atoms with van der Waals surface area (Å²) in [6.07, 6.45) is 6.47. The SMILES string of the molecule is NC(c1ccccc1)C1CCN(c2ncnc3[nH]c(=O)[nH]c23)CC1.O=C(c1ccccc1)C1CCN(c2ncnc3[nH]c(=O)[nH]c23)CC1. The third-order valence-corrected chi connectivity index (χ3v) is 9.35. The van der Waals surface area contributed by atoms with Gasteiger partial charge >= 0.3 is 11.4 Å². The van der Waals surface area contributed by atoms with Gasteiger partial charge in [0.15, 0.2) is 28.7 Å². The van der Waals surface area contributed by atoms with E-state index in [2.05, 4.69) is 61.8 Å². The Bertz CT molecular complexity index is 2110. The van der Waals surface area contributed by atoms with Gasteiger partial charge in [-0.1, -0.05) is 60.7 Å². The fraction of sp³-hybridized carbons (Fsp3) is 0.324. The second kappa shape index (κ2) is 13.6. The van der Waals surface area contributed by atoms with E-state index >= 15 is 0 Å². The number of aromatic amines is 4. The predicted octanol–water partition coefficient (Wildman–Crippen LogP) is 3.31. The predicted molar refractivity (Wildman–Crippen MR) is 183 cm³/mol. The molecule has 0 aliphatic carbocycles. The normalized spacial score (nSPS) is 16.5. The van der Waals surface area contributed by atoms with Crippen LogP contribution in [0.4, 0.5) is 11.6 Å². The van der Waals surface area contributed by atoms with Crippen LogP contribution in [0.5, 0.6) is 0 Å². The zero-order valence-electron chi connectivity index (χ0n) is 26.3. The molecule has 1 atom stereocenters.